The molecule has 2 heterocycles. The number of alkyl halides is 3. The molecule has 2 aliphatic heterocycles. The minimum Gasteiger partial charge on any atom is -0.406 e. The smallest absolute Gasteiger partial charge is 0.406 e. The Morgan fingerprint density at radius 2 is 1.81 bits per heavy atom. The number of fused-ring (bicyclic) bond motifs is 1. The molecule has 1 atom stereocenters. The topological polar surface area (TPSA) is 70.2 Å². The number of amides is 3. The molecule has 0 spiro atoms. The highest BCUT2D eigenvalue weighted by Crippen LogP contribution is 2.24. The molecule has 0 unspecified atom stereocenters. The van der Waals surface area contributed by atoms with Crippen LogP contribution in [0.4, 0.5) is 13.2 Å². The van der Waals surface area contributed by atoms with Gasteiger partial charge in [-0.05, 0) is 24.3 Å². The lowest BCUT2D eigenvalue weighted by atomic mass is 10.1. The summed E-state index contributed by atoms with van der Waals surface area (Å²) in [5, 5.41) is 0. The number of rotatable bonds is 2. The van der Waals surface area contributed by atoms with Gasteiger partial charge in [0.25, 0.3) is 5.91 Å². The van der Waals surface area contributed by atoms with E-state index >= 15 is 0 Å². The van der Waals surface area contributed by atoms with E-state index in [4.69, 9.17) is 0 Å². The number of nitrogens with zero attached hydrogens (tertiary/aromatic N) is 3. The van der Waals surface area contributed by atoms with Crippen LogP contribution in [0.5, 0.6) is 5.75 Å². The summed E-state index contributed by atoms with van der Waals surface area (Å²) in [5.74, 6) is -1.25. The van der Waals surface area contributed by atoms with Gasteiger partial charge in [-0.15, -0.1) is 13.2 Å². The fourth-order valence-electron chi connectivity index (χ4n) is 3.09. The predicted molar refractivity (Wildman–Crippen MR) is 82.2 cm³/mol. The minimum absolute atomic E-state index is 0.0178. The van der Waals surface area contributed by atoms with Crippen LogP contribution < -0.4 is 4.74 Å². The Bertz CT molecular complexity index is 735. The summed E-state index contributed by atoms with van der Waals surface area (Å²) in [6.45, 7) is 0.557. The SMILES string of the molecule is CN1CC(=O)N2CCN(C(=O)c3ccc(OC(F)(F)F)cc3)C[C@@H]2C1=O. The van der Waals surface area contributed by atoms with E-state index in [1.807, 2.05) is 0 Å². The van der Waals surface area contributed by atoms with Crippen LogP contribution in [0.15, 0.2) is 24.3 Å². The van der Waals surface area contributed by atoms with Gasteiger partial charge in [-0.2, -0.15) is 0 Å². The molecule has 0 bridgehead atoms. The van der Waals surface area contributed by atoms with Crippen molar-refractivity contribution < 1.29 is 32.3 Å². The van der Waals surface area contributed by atoms with E-state index in [9.17, 15) is 27.6 Å². The average molecular weight is 371 g/mol. The molecule has 3 amide bonds. The van der Waals surface area contributed by atoms with Crippen molar-refractivity contribution >= 4 is 17.7 Å². The zero-order chi connectivity index (χ0) is 19.1. The Labute approximate surface area is 146 Å². The molecule has 1 aromatic carbocycles. The van der Waals surface area contributed by atoms with Gasteiger partial charge in [0.2, 0.25) is 11.8 Å². The molecule has 0 aromatic heterocycles. The Balaban J connectivity index is 1.71. The number of benzene rings is 1. The van der Waals surface area contributed by atoms with Gasteiger partial charge in [-0.25, -0.2) is 0 Å². The van der Waals surface area contributed by atoms with Crippen molar-refractivity contribution in [3.05, 3.63) is 29.8 Å². The largest absolute Gasteiger partial charge is 0.573 e. The van der Waals surface area contributed by atoms with E-state index in [0.29, 0.717) is 0 Å². The third kappa shape index (κ3) is 3.58. The molecule has 7 nitrogen and oxygen atoms in total. The Hall–Kier alpha value is -2.78. The predicted octanol–water partition coefficient (Wildman–Crippen LogP) is 0.710. The van der Waals surface area contributed by atoms with Crippen molar-refractivity contribution in [2.75, 3.05) is 33.2 Å². The second-order valence-electron chi connectivity index (χ2n) is 6.12. The zero-order valence-electron chi connectivity index (χ0n) is 13.8. The van der Waals surface area contributed by atoms with Crippen LogP contribution >= 0.6 is 0 Å². The maximum absolute atomic E-state index is 12.6. The summed E-state index contributed by atoms with van der Waals surface area (Å²) in [7, 11) is 1.53. The number of hydrogen-bond acceptors (Lipinski definition) is 4. The van der Waals surface area contributed by atoms with Gasteiger partial charge in [-0.1, -0.05) is 0 Å². The number of halogens is 3. The van der Waals surface area contributed by atoms with Crippen LogP contribution in [0.1, 0.15) is 10.4 Å². The van der Waals surface area contributed by atoms with Gasteiger partial charge < -0.3 is 19.4 Å². The third-order valence-corrected chi connectivity index (χ3v) is 4.36. The van der Waals surface area contributed by atoms with Gasteiger partial charge in [0, 0.05) is 25.7 Å². The van der Waals surface area contributed by atoms with Crippen LogP contribution in [-0.4, -0.2) is 78.1 Å². The summed E-state index contributed by atoms with van der Waals surface area (Å²) in [6, 6.07) is 3.85. The second kappa shape index (κ2) is 6.50. The molecule has 140 valence electrons. The van der Waals surface area contributed by atoms with E-state index in [0.717, 1.165) is 12.1 Å². The van der Waals surface area contributed by atoms with Gasteiger partial charge in [0.05, 0.1) is 13.1 Å². The molecule has 2 aliphatic rings. The van der Waals surface area contributed by atoms with Crippen molar-refractivity contribution in [1.82, 2.24) is 14.7 Å². The van der Waals surface area contributed by atoms with Gasteiger partial charge >= 0.3 is 6.36 Å². The summed E-state index contributed by atoms with van der Waals surface area (Å²) < 4.78 is 40.3. The molecule has 1 aromatic rings. The van der Waals surface area contributed by atoms with Crippen LogP contribution in [-0.2, 0) is 9.59 Å². The molecule has 26 heavy (non-hydrogen) atoms. The fourth-order valence-corrected chi connectivity index (χ4v) is 3.09. The van der Waals surface area contributed by atoms with Crippen LogP contribution in [0, 0.1) is 0 Å². The van der Waals surface area contributed by atoms with Crippen LogP contribution in [0.25, 0.3) is 0 Å². The Morgan fingerprint density at radius 1 is 1.15 bits per heavy atom. The molecule has 0 radical (unpaired) electrons. The van der Waals surface area contributed by atoms with E-state index in [-0.39, 0.29) is 43.6 Å². The monoisotopic (exact) mass is 371 g/mol. The van der Waals surface area contributed by atoms with Crippen molar-refractivity contribution in [1.29, 1.82) is 0 Å². The van der Waals surface area contributed by atoms with E-state index in [1.54, 1.807) is 0 Å². The van der Waals surface area contributed by atoms with Crippen LogP contribution in [0.3, 0.4) is 0 Å². The van der Waals surface area contributed by atoms with Gasteiger partial charge in [0.1, 0.15) is 11.8 Å². The van der Waals surface area contributed by atoms with Crippen molar-refractivity contribution in [3.63, 3.8) is 0 Å². The quantitative estimate of drug-likeness (QED) is 0.768. The number of ether oxygens (including phenoxy) is 1. The number of hydrogen-bond donors (Lipinski definition) is 0. The second-order valence-corrected chi connectivity index (χ2v) is 6.12. The first-order valence-electron chi connectivity index (χ1n) is 7.85. The maximum Gasteiger partial charge on any atom is 0.573 e. The maximum atomic E-state index is 12.6. The van der Waals surface area contributed by atoms with Crippen molar-refractivity contribution in [3.8, 4) is 5.75 Å². The highest BCUT2D eigenvalue weighted by Gasteiger charge is 2.42. The number of piperazine rings is 2. The molecule has 2 fully saturated rings. The zero-order valence-corrected chi connectivity index (χ0v) is 13.8. The lowest BCUT2D eigenvalue weighted by molar-refractivity contribution is -0.274. The molecule has 0 aliphatic carbocycles. The number of likely N-dealkylation sites (N-methyl/N-ethyl adjacent to an activating group) is 1. The summed E-state index contributed by atoms with van der Waals surface area (Å²) in [6.07, 6.45) is -4.80. The van der Waals surface area contributed by atoms with E-state index in [1.165, 1.54) is 33.9 Å². The molecule has 2 saturated heterocycles. The Kier molecular flexibility index (Phi) is 4.51. The first kappa shape index (κ1) is 18.0. The van der Waals surface area contributed by atoms with Gasteiger partial charge in [0.15, 0.2) is 0 Å². The molecular weight excluding hydrogens is 355 g/mol. The summed E-state index contributed by atoms with van der Waals surface area (Å²) >= 11 is 0. The standard InChI is InChI=1S/C16H16F3N3O4/c1-20-9-13(23)22-7-6-21(8-12(22)15(20)25)14(24)10-2-4-11(5-3-10)26-16(17,18)19/h2-5,12H,6-9H2,1H3/t12-/m1/s1. The minimum atomic E-state index is -4.80. The fraction of sp³-hybridized carbons (Fsp3) is 0.438. The molecule has 3 rings (SSSR count). The first-order chi connectivity index (χ1) is 12.2. The normalized spacial score (nSPS) is 20.9. The summed E-state index contributed by atoms with van der Waals surface area (Å²) in [5.41, 5.74) is 0.177. The molecular formula is C16H16F3N3O4. The first-order valence-corrected chi connectivity index (χ1v) is 7.85. The molecule has 0 N–H and O–H groups in total. The highest BCUT2D eigenvalue weighted by molar-refractivity contribution is 5.98. The van der Waals surface area contributed by atoms with E-state index < -0.39 is 24.1 Å². The van der Waals surface area contributed by atoms with E-state index in [2.05, 4.69) is 4.74 Å². The van der Waals surface area contributed by atoms with Crippen molar-refractivity contribution in [2.24, 2.45) is 0 Å². The lowest BCUT2D eigenvalue weighted by Crippen LogP contribution is -2.66. The lowest BCUT2D eigenvalue weighted by Gasteiger charge is -2.45. The number of carbonyl (C=O) groups is 3. The summed E-state index contributed by atoms with van der Waals surface area (Å²) in [4.78, 5) is 41.0. The van der Waals surface area contributed by atoms with Crippen molar-refractivity contribution in [2.45, 2.75) is 12.4 Å². The molecule has 10 heteroatoms. The average Bonchev–Trinajstić information content (AvgIpc) is 2.58. The van der Waals surface area contributed by atoms with Crippen LogP contribution in [0.2, 0.25) is 0 Å². The van der Waals surface area contributed by atoms with Gasteiger partial charge in [-0.3, -0.25) is 14.4 Å². The number of carbonyl (C=O) groups excluding carboxylic acids is 3. The highest BCUT2D eigenvalue weighted by atomic mass is 19.4. The third-order valence-electron chi connectivity index (χ3n) is 4.36. The molecule has 0 saturated carbocycles. The Morgan fingerprint density at radius 3 is 2.42 bits per heavy atom.